The summed E-state index contributed by atoms with van der Waals surface area (Å²) in [6.07, 6.45) is 0. The van der Waals surface area contributed by atoms with Crippen molar-refractivity contribution in [3.8, 4) is 5.75 Å². The van der Waals surface area contributed by atoms with E-state index >= 15 is 0 Å². The van der Waals surface area contributed by atoms with Crippen LogP contribution in [0.1, 0.15) is 20.8 Å². The van der Waals surface area contributed by atoms with Gasteiger partial charge in [0.25, 0.3) is 5.69 Å². The van der Waals surface area contributed by atoms with Crippen LogP contribution in [-0.2, 0) is 4.79 Å². The first kappa shape index (κ1) is 14.9. The average molecular weight is 267 g/mol. The number of carbonyl (C=O) groups excluding carboxylic acids is 1. The molecule has 0 unspecified atom stereocenters. The summed E-state index contributed by atoms with van der Waals surface area (Å²) in [6.45, 7) is 5.39. The Hall–Kier alpha value is -2.15. The highest BCUT2D eigenvalue weighted by atomic mass is 16.6. The predicted molar refractivity (Wildman–Crippen MR) is 70.8 cm³/mol. The fraction of sp³-hybridized carbons (Fsp3) is 0.417. The molecule has 0 radical (unpaired) electrons. The van der Waals surface area contributed by atoms with E-state index in [-0.39, 0.29) is 17.1 Å². The number of nitro benzene ring substituents is 1. The third-order valence-corrected chi connectivity index (χ3v) is 2.66. The van der Waals surface area contributed by atoms with Crippen molar-refractivity contribution in [3.05, 3.63) is 28.3 Å². The molecule has 19 heavy (non-hydrogen) atoms. The van der Waals surface area contributed by atoms with Gasteiger partial charge in [-0.1, -0.05) is 20.8 Å². The molecule has 0 aromatic heterocycles. The van der Waals surface area contributed by atoms with E-state index in [9.17, 15) is 20.0 Å². The molecule has 7 heteroatoms. The maximum absolute atomic E-state index is 11.9. The van der Waals surface area contributed by atoms with Crippen LogP contribution in [-0.4, -0.2) is 22.0 Å². The zero-order chi connectivity index (χ0) is 14.8. The van der Waals surface area contributed by atoms with Gasteiger partial charge in [0.2, 0.25) is 5.91 Å². The summed E-state index contributed by atoms with van der Waals surface area (Å²) in [7, 11) is 0. The van der Waals surface area contributed by atoms with Crippen molar-refractivity contribution in [2.75, 3.05) is 5.32 Å². The SMILES string of the molecule is CC(C)(C)[C@@H](N)C(=O)Nc1cc([N+](=O)[O-])ccc1O. The number of amides is 1. The summed E-state index contributed by atoms with van der Waals surface area (Å²) < 4.78 is 0. The maximum Gasteiger partial charge on any atom is 0.271 e. The van der Waals surface area contributed by atoms with Crippen molar-refractivity contribution in [2.45, 2.75) is 26.8 Å². The first-order chi connectivity index (χ1) is 8.62. The van der Waals surface area contributed by atoms with Crippen LogP contribution in [0.25, 0.3) is 0 Å². The summed E-state index contributed by atoms with van der Waals surface area (Å²) in [5, 5.41) is 22.6. The fourth-order valence-electron chi connectivity index (χ4n) is 1.34. The number of non-ortho nitro benzene ring substituents is 1. The van der Waals surface area contributed by atoms with E-state index in [0.29, 0.717) is 0 Å². The van der Waals surface area contributed by atoms with E-state index in [2.05, 4.69) is 5.32 Å². The zero-order valence-corrected chi connectivity index (χ0v) is 11.0. The van der Waals surface area contributed by atoms with Gasteiger partial charge in [-0.15, -0.1) is 0 Å². The van der Waals surface area contributed by atoms with Gasteiger partial charge < -0.3 is 16.2 Å². The van der Waals surface area contributed by atoms with Crippen molar-refractivity contribution < 1.29 is 14.8 Å². The van der Waals surface area contributed by atoms with Gasteiger partial charge in [0.1, 0.15) is 5.75 Å². The number of anilines is 1. The molecular weight excluding hydrogens is 250 g/mol. The summed E-state index contributed by atoms with van der Waals surface area (Å²) in [5.74, 6) is -0.761. The van der Waals surface area contributed by atoms with Gasteiger partial charge in [0.05, 0.1) is 16.7 Å². The molecule has 0 aliphatic heterocycles. The Kier molecular flexibility index (Phi) is 4.10. The van der Waals surface area contributed by atoms with Gasteiger partial charge in [-0.3, -0.25) is 14.9 Å². The second-order valence-corrected chi connectivity index (χ2v) is 5.29. The van der Waals surface area contributed by atoms with Crippen molar-refractivity contribution in [1.82, 2.24) is 0 Å². The third kappa shape index (κ3) is 3.65. The van der Waals surface area contributed by atoms with E-state index in [1.807, 2.05) is 0 Å². The largest absolute Gasteiger partial charge is 0.506 e. The van der Waals surface area contributed by atoms with Crippen molar-refractivity contribution in [1.29, 1.82) is 0 Å². The molecule has 1 aromatic rings. The molecule has 4 N–H and O–H groups in total. The number of hydrogen-bond acceptors (Lipinski definition) is 5. The monoisotopic (exact) mass is 267 g/mol. The van der Waals surface area contributed by atoms with Crippen LogP contribution in [0.5, 0.6) is 5.75 Å². The molecule has 0 spiro atoms. The number of rotatable bonds is 3. The van der Waals surface area contributed by atoms with Crippen LogP contribution in [0.15, 0.2) is 18.2 Å². The van der Waals surface area contributed by atoms with E-state index in [0.717, 1.165) is 18.2 Å². The van der Waals surface area contributed by atoms with Crippen LogP contribution >= 0.6 is 0 Å². The molecule has 0 saturated carbocycles. The molecule has 1 aromatic carbocycles. The molecule has 0 aliphatic rings. The van der Waals surface area contributed by atoms with Crippen LogP contribution < -0.4 is 11.1 Å². The van der Waals surface area contributed by atoms with E-state index in [1.54, 1.807) is 20.8 Å². The normalized spacial score (nSPS) is 12.8. The second-order valence-electron chi connectivity index (χ2n) is 5.29. The van der Waals surface area contributed by atoms with Crippen LogP contribution in [0.4, 0.5) is 11.4 Å². The Morgan fingerprint density at radius 3 is 2.53 bits per heavy atom. The number of benzene rings is 1. The Bertz CT molecular complexity index is 508. The van der Waals surface area contributed by atoms with Gasteiger partial charge in [-0.05, 0) is 11.5 Å². The van der Waals surface area contributed by atoms with Crippen LogP contribution in [0.3, 0.4) is 0 Å². The quantitative estimate of drug-likeness (QED) is 0.436. The summed E-state index contributed by atoms with van der Waals surface area (Å²) in [6, 6.07) is 2.58. The number of hydrogen-bond donors (Lipinski definition) is 3. The molecule has 0 saturated heterocycles. The number of nitro groups is 1. The van der Waals surface area contributed by atoms with E-state index in [1.165, 1.54) is 0 Å². The number of phenols is 1. The third-order valence-electron chi connectivity index (χ3n) is 2.66. The van der Waals surface area contributed by atoms with E-state index in [4.69, 9.17) is 5.73 Å². The number of carbonyl (C=O) groups is 1. The zero-order valence-electron chi connectivity index (χ0n) is 11.0. The molecule has 104 valence electrons. The molecule has 0 aliphatic carbocycles. The van der Waals surface area contributed by atoms with Crippen LogP contribution in [0, 0.1) is 15.5 Å². The lowest BCUT2D eigenvalue weighted by molar-refractivity contribution is -0.384. The number of nitrogens with two attached hydrogens (primary N) is 1. The summed E-state index contributed by atoms with van der Waals surface area (Å²) in [4.78, 5) is 21.9. The summed E-state index contributed by atoms with van der Waals surface area (Å²) in [5.41, 5.74) is 5.05. The molecule has 0 heterocycles. The highest BCUT2D eigenvalue weighted by molar-refractivity contribution is 5.96. The Labute approximate surface area is 110 Å². The van der Waals surface area contributed by atoms with Crippen molar-refractivity contribution in [3.63, 3.8) is 0 Å². The maximum atomic E-state index is 11.9. The highest BCUT2D eigenvalue weighted by Gasteiger charge is 2.28. The minimum Gasteiger partial charge on any atom is -0.506 e. The average Bonchev–Trinajstić information content (AvgIpc) is 2.29. The molecule has 1 rings (SSSR count). The number of phenolic OH excluding ortho intramolecular Hbond substituents is 1. The number of nitrogens with one attached hydrogen (secondary N) is 1. The van der Waals surface area contributed by atoms with Crippen molar-refractivity contribution in [2.24, 2.45) is 11.1 Å². The second kappa shape index (κ2) is 5.23. The minimum atomic E-state index is -0.800. The Morgan fingerprint density at radius 2 is 2.05 bits per heavy atom. The standard InChI is InChI=1S/C12H17N3O4/c1-12(2,3)10(13)11(17)14-8-6-7(15(18)19)4-5-9(8)16/h4-6,10,16H,13H2,1-3H3,(H,14,17)/t10-/m0/s1. The minimum absolute atomic E-state index is 0.0288. The molecule has 7 nitrogen and oxygen atoms in total. The smallest absolute Gasteiger partial charge is 0.271 e. The lowest BCUT2D eigenvalue weighted by atomic mass is 9.87. The first-order valence-electron chi connectivity index (χ1n) is 5.67. The molecule has 0 bridgehead atoms. The topological polar surface area (TPSA) is 118 Å². The lowest BCUT2D eigenvalue weighted by Crippen LogP contribution is -2.45. The molecule has 0 fully saturated rings. The fourth-order valence-corrected chi connectivity index (χ4v) is 1.34. The lowest BCUT2D eigenvalue weighted by Gasteiger charge is -2.25. The van der Waals surface area contributed by atoms with Crippen LogP contribution in [0.2, 0.25) is 0 Å². The number of nitrogens with zero attached hydrogens (tertiary/aromatic N) is 1. The van der Waals surface area contributed by atoms with E-state index < -0.39 is 22.3 Å². The number of aromatic hydroxyl groups is 1. The molecular formula is C12H17N3O4. The van der Waals surface area contributed by atoms with Crippen molar-refractivity contribution >= 4 is 17.3 Å². The van der Waals surface area contributed by atoms with Gasteiger partial charge in [-0.25, -0.2) is 0 Å². The predicted octanol–water partition coefficient (Wildman–Crippen LogP) is 1.61. The summed E-state index contributed by atoms with van der Waals surface area (Å²) >= 11 is 0. The molecule has 1 atom stereocenters. The van der Waals surface area contributed by atoms with Gasteiger partial charge in [-0.2, -0.15) is 0 Å². The first-order valence-corrected chi connectivity index (χ1v) is 5.67. The Balaban J connectivity index is 2.96. The van der Waals surface area contributed by atoms with Gasteiger partial charge >= 0.3 is 0 Å². The Morgan fingerprint density at radius 1 is 1.47 bits per heavy atom. The highest BCUT2D eigenvalue weighted by Crippen LogP contribution is 2.28. The molecule has 1 amide bonds. The van der Waals surface area contributed by atoms with Gasteiger partial charge in [0, 0.05) is 12.1 Å². The van der Waals surface area contributed by atoms with Gasteiger partial charge in [0.15, 0.2) is 0 Å².